The van der Waals surface area contributed by atoms with Crippen LogP contribution < -0.4 is 10.2 Å². The molecule has 1 aromatic rings. The van der Waals surface area contributed by atoms with Gasteiger partial charge in [-0.05, 0) is 19.1 Å². The minimum absolute atomic E-state index is 0.103. The molecule has 2 saturated heterocycles. The third-order valence-corrected chi connectivity index (χ3v) is 7.38. The quantitative estimate of drug-likeness (QED) is 0.641. The van der Waals surface area contributed by atoms with Crippen molar-refractivity contribution in [2.75, 3.05) is 57.4 Å². The molecule has 1 aromatic heterocycles. The smallest absolute Gasteiger partial charge is 0.244 e. The van der Waals surface area contributed by atoms with Crippen LogP contribution in [0, 0.1) is 5.92 Å². The van der Waals surface area contributed by atoms with Gasteiger partial charge in [0.2, 0.25) is 21.8 Å². The van der Waals surface area contributed by atoms with Crippen LogP contribution in [0.2, 0.25) is 0 Å². The number of nitrogens with zero attached hydrogens (tertiary/aromatic N) is 4. The fraction of sp³-hybridized carbons (Fsp3) is 0.650. The van der Waals surface area contributed by atoms with Crippen molar-refractivity contribution in [2.45, 2.75) is 31.7 Å². The molecule has 0 radical (unpaired) electrons. The van der Waals surface area contributed by atoms with Gasteiger partial charge in [0.15, 0.2) is 0 Å². The van der Waals surface area contributed by atoms with Crippen LogP contribution >= 0.6 is 0 Å². The average Bonchev–Trinajstić information content (AvgIpc) is 2.79. The summed E-state index contributed by atoms with van der Waals surface area (Å²) in [6, 6.07) is 2.72. The van der Waals surface area contributed by atoms with E-state index in [0.29, 0.717) is 58.3 Å². The van der Waals surface area contributed by atoms with Crippen molar-refractivity contribution in [3.63, 3.8) is 0 Å². The van der Waals surface area contributed by atoms with Crippen LogP contribution in [0.25, 0.3) is 0 Å². The summed E-state index contributed by atoms with van der Waals surface area (Å²) in [5, 5.41) is 2.74. The Balaban J connectivity index is 1.56. The molecule has 1 N–H and O–H groups in total. The fourth-order valence-corrected chi connectivity index (χ4v) is 4.87. The van der Waals surface area contributed by atoms with Crippen LogP contribution in [0.5, 0.6) is 0 Å². The SMILES string of the molecule is CC(C)C(=O)NC(C)C(=O)N1CCN(c2ccc(S(=O)(=O)N3CCOCC3)cn2)CC1. The normalized spacial score (nSPS) is 19.4. The molecule has 31 heavy (non-hydrogen) atoms. The van der Waals surface area contributed by atoms with Crippen LogP contribution in [0.1, 0.15) is 20.8 Å². The summed E-state index contributed by atoms with van der Waals surface area (Å²) in [5.74, 6) is 0.256. The van der Waals surface area contributed by atoms with Gasteiger partial charge in [-0.2, -0.15) is 4.31 Å². The second-order valence-corrected chi connectivity index (χ2v) is 10.0. The number of ether oxygens (including phenoxy) is 1. The fourth-order valence-electron chi connectivity index (χ4n) is 3.52. The van der Waals surface area contributed by atoms with Gasteiger partial charge in [0.05, 0.1) is 13.2 Å². The maximum atomic E-state index is 12.7. The first-order valence-corrected chi connectivity index (χ1v) is 12.0. The van der Waals surface area contributed by atoms with Crippen LogP contribution in [-0.2, 0) is 24.3 Å². The molecule has 2 aliphatic rings. The van der Waals surface area contributed by atoms with Crippen molar-refractivity contribution in [1.29, 1.82) is 0 Å². The molecule has 0 bridgehead atoms. The Bertz CT molecular complexity index is 876. The lowest BCUT2D eigenvalue weighted by molar-refractivity contribution is -0.136. The highest BCUT2D eigenvalue weighted by Gasteiger charge is 2.29. The van der Waals surface area contributed by atoms with Crippen LogP contribution in [0.4, 0.5) is 5.82 Å². The lowest BCUT2D eigenvalue weighted by Crippen LogP contribution is -2.54. The van der Waals surface area contributed by atoms with Gasteiger partial charge in [0.25, 0.3) is 0 Å². The minimum atomic E-state index is -3.57. The van der Waals surface area contributed by atoms with E-state index in [9.17, 15) is 18.0 Å². The Morgan fingerprint density at radius 1 is 1.03 bits per heavy atom. The van der Waals surface area contributed by atoms with E-state index in [1.54, 1.807) is 37.8 Å². The molecule has 172 valence electrons. The van der Waals surface area contributed by atoms with Crippen molar-refractivity contribution in [2.24, 2.45) is 5.92 Å². The van der Waals surface area contributed by atoms with Gasteiger partial charge in [-0.3, -0.25) is 9.59 Å². The van der Waals surface area contributed by atoms with Crippen molar-refractivity contribution in [3.05, 3.63) is 18.3 Å². The van der Waals surface area contributed by atoms with E-state index in [0.717, 1.165) is 0 Å². The molecule has 1 unspecified atom stereocenters. The number of anilines is 1. The van der Waals surface area contributed by atoms with E-state index in [2.05, 4.69) is 10.3 Å². The summed E-state index contributed by atoms with van der Waals surface area (Å²) in [5.41, 5.74) is 0. The number of morpholine rings is 1. The molecule has 11 heteroatoms. The number of aromatic nitrogens is 1. The lowest BCUT2D eigenvalue weighted by Gasteiger charge is -2.36. The van der Waals surface area contributed by atoms with E-state index in [1.165, 1.54) is 10.5 Å². The third-order valence-electron chi connectivity index (χ3n) is 5.50. The lowest BCUT2D eigenvalue weighted by atomic mass is 10.1. The molecule has 10 nitrogen and oxygen atoms in total. The third kappa shape index (κ3) is 5.52. The van der Waals surface area contributed by atoms with Gasteiger partial charge in [-0.25, -0.2) is 13.4 Å². The zero-order valence-corrected chi connectivity index (χ0v) is 19.1. The Hall–Kier alpha value is -2.24. The van der Waals surface area contributed by atoms with E-state index in [4.69, 9.17) is 4.74 Å². The highest BCUT2D eigenvalue weighted by atomic mass is 32.2. The zero-order chi connectivity index (χ0) is 22.6. The zero-order valence-electron chi connectivity index (χ0n) is 18.3. The number of hydrogen-bond donors (Lipinski definition) is 1. The highest BCUT2D eigenvalue weighted by molar-refractivity contribution is 7.89. The number of sulfonamides is 1. The summed E-state index contributed by atoms with van der Waals surface area (Å²) in [6.45, 7) is 8.94. The van der Waals surface area contributed by atoms with Crippen molar-refractivity contribution in [3.8, 4) is 0 Å². The Kier molecular flexibility index (Phi) is 7.50. The molecule has 2 amide bonds. The van der Waals surface area contributed by atoms with Crippen LogP contribution in [0.3, 0.4) is 0 Å². The number of pyridine rings is 1. The van der Waals surface area contributed by atoms with Crippen molar-refractivity contribution >= 4 is 27.7 Å². The van der Waals surface area contributed by atoms with Crippen LogP contribution in [-0.4, -0.2) is 92.9 Å². The summed E-state index contributed by atoms with van der Waals surface area (Å²) in [7, 11) is -3.57. The standard InChI is InChI=1S/C20H31N5O5S/c1-15(2)19(26)22-16(3)20(27)24-8-6-23(7-9-24)18-5-4-17(14-21-18)31(28,29)25-10-12-30-13-11-25/h4-5,14-16H,6-13H2,1-3H3,(H,22,26). The molecule has 0 saturated carbocycles. The van der Waals surface area contributed by atoms with E-state index in [1.807, 2.05) is 4.90 Å². The first-order valence-electron chi connectivity index (χ1n) is 10.6. The van der Waals surface area contributed by atoms with Gasteiger partial charge in [0.1, 0.15) is 16.8 Å². The number of rotatable bonds is 6. The van der Waals surface area contributed by atoms with E-state index in [-0.39, 0.29) is 22.6 Å². The second-order valence-electron chi connectivity index (χ2n) is 8.07. The average molecular weight is 454 g/mol. The molecule has 0 aromatic carbocycles. The summed E-state index contributed by atoms with van der Waals surface area (Å²) in [6.07, 6.45) is 1.39. The van der Waals surface area contributed by atoms with Gasteiger partial charge < -0.3 is 19.9 Å². The van der Waals surface area contributed by atoms with E-state index >= 15 is 0 Å². The second kappa shape index (κ2) is 9.92. The largest absolute Gasteiger partial charge is 0.379 e. The molecule has 1 atom stereocenters. The van der Waals surface area contributed by atoms with Crippen molar-refractivity contribution in [1.82, 2.24) is 19.5 Å². The first kappa shape index (κ1) is 23.4. The molecule has 2 aliphatic heterocycles. The van der Waals surface area contributed by atoms with Crippen molar-refractivity contribution < 1.29 is 22.7 Å². The number of piperazine rings is 1. The molecule has 3 heterocycles. The number of nitrogens with one attached hydrogen (secondary N) is 1. The summed E-state index contributed by atoms with van der Waals surface area (Å²) in [4.78, 5) is 32.7. The van der Waals surface area contributed by atoms with E-state index < -0.39 is 16.1 Å². The Labute approximate surface area is 183 Å². The van der Waals surface area contributed by atoms with Gasteiger partial charge in [-0.1, -0.05) is 13.8 Å². The predicted molar refractivity (Wildman–Crippen MR) is 115 cm³/mol. The van der Waals surface area contributed by atoms with Gasteiger partial charge in [0, 0.05) is 51.4 Å². The molecule has 0 spiro atoms. The molecular weight excluding hydrogens is 422 g/mol. The highest BCUT2D eigenvalue weighted by Crippen LogP contribution is 2.20. The number of carbonyl (C=O) groups excluding carboxylic acids is 2. The number of hydrogen-bond acceptors (Lipinski definition) is 7. The van der Waals surface area contributed by atoms with Gasteiger partial charge in [-0.15, -0.1) is 0 Å². The van der Waals surface area contributed by atoms with Crippen LogP contribution in [0.15, 0.2) is 23.2 Å². The summed E-state index contributed by atoms with van der Waals surface area (Å²) >= 11 is 0. The first-order chi connectivity index (χ1) is 14.7. The maximum absolute atomic E-state index is 12.7. The minimum Gasteiger partial charge on any atom is -0.379 e. The number of amides is 2. The topological polar surface area (TPSA) is 112 Å². The molecular formula is C20H31N5O5S. The monoisotopic (exact) mass is 453 g/mol. The Morgan fingerprint density at radius 3 is 2.23 bits per heavy atom. The summed E-state index contributed by atoms with van der Waals surface area (Å²) < 4.78 is 32.1. The molecule has 2 fully saturated rings. The Morgan fingerprint density at radius 2 is 1.68 bits per heavy atom. The van der Waals surface area contributed by atoms with Gasteiger partial charge >= 0.3 is 0 Å². The number of carbonyl (C=O) groups is 2. The maximum Gasteiger partial charge on any atom is 0.244 e. The predicted octanol–water partition coefficient (Wildman–Crippen LogP) is -0.0882. The molecule has 3 rings (SSSR count). The molecule has 0 aliphatic carbocycles.